The Morgan fingerprint density at radius 1 is 1.06 bits per heavy atom. The highest BCUT2D eigenvalue weighted by Gasteiger charge is 2.33. The smallest absolute Gasteiger partial charge is 0.257 e. The summed E-state index contributed by atoms with van der Waals surface area (Å²) in [5.74, 6) is 1.34. The number of amides is 2. The van der Waals surface area contributed by atoms with Crippen molar-refractivity contribution in [1.82, 2.24) is 4.98 Å². The maximum atomic E-state index is 12.9. The Morgan fingerprint density at radius 2 is 1.84 bits per heavy atom. The highest BCUT2D eigenvalue weighted by Crippen LogP contribution is 2.34. The van der Waals surface area contributed by atoms with Crippen molar-refractivity contribution in [2.24, 2.45) is 5.92 Å². The topological polar surface area (TPSA) is 80.8 Å². The zero-order chi connectivity index (χ0) is 22.7. The molecule has 1 heterocycles. The van der Waals surface area contributed by atoms with Gasteiger partial charge in [-0.1, -0.05) is 18.2 Å². The van der Waals surface area contributed by atoms with Crippen LogP contribution >= 0.6 is 0 Å². The molecule has 7 heteroatoms. The molecule has 0 atom stereocenters. The normalized spacial score (nSPS) is 12.7. The van der Waals surface area contributed by atoms with Crippen LogP contribution in [-0.4, -0.2) is 31.0 Å². The Morgan fingerprint density at radius 3 is 2.53 bits per heavy atom. The zero-order valence-corrected chi connectivity index (χ0v) is 18.3. The molecule has 32 heavy (non-hydrogen) atoms. The van der Waals surface area contributed by atoms with Crippen molar-refractivity contribution in [2.75, 3.05) is 24.4 Å². The van der Waals surface area contributed by atoms with E-state index in [0.29, 0.717) is 34.3 Å². The largest absolute Gasteiger partial charge is 0.493 e. The number of hydrogen-bond donors (Lipinski definition) is 1. The van der Waals surface area contributed by atoms with Crippen LogP contribution in [0.15, 0.2) is 60.8 Å². The monoisotopic (exact) mass is 431 g/mol. The molecule has 1 N–H and O–H groups in total. The van der Waals surface area contributed by atoms with E-state index in [1.54, 1.807) is 49.4 Å². The predicted molar refractivity (Wildman–Crippen MR) is 123 cm³/mol. The lowest BCUT2D eigenvalue weighted by molar-refractivity contribution is -0.119. The van der Waals surface area contributed by atoms with E-state index < -0.39 is 0 Å². The number of carbonyl (C=O) groups excluding carboxylic acids is 2. The molecule has 1 aromatic heterocycles. The van der Waals surface area contributed by atoms with Crippen molar-refractivity contribution in [1.29, 1.82) is 0 Å². The highest BCUT2D eigenvalue weighted by atomic mass is 16.5. The van der Waals surface area contributed by atoms with Gasteiger partial charge in [-0.25, -0.2) is 4.98 Å². The van der Waals surface area contributed by atoms with Crippen LogP contribution in [0.5, 0.6) is 17.4 Å². The van der Waals surface area contributed by atoms with Crippen LogP contribution in [0.25, 0.3) is 0 Å². The van der Waals surface area contributed by atoms with Crippen LogP contribution in [0, 0.1) is 12.8 Å². The lowest BCUT2D eigenvalue weighted by Crippen LogP contribution is -2.29. The van der Waals surface area contributed by atoms with Gasteiger partial charge >= 0.3 is 0 Å². The minimum atomic E-state index is -0.313. The first-order valence-corrected chi connectivity index (χ1v) is 10.4. The van der Waals surface area contributed by atoms with Gasteiger partial charge in [0.2, 0.25) is 11.8 Å². The van der Waals surface area contributed by atoms with E-state index in [2.05, 4.69) is 10.3 Å². The zero-order valence-electron chi connectivity index (χ0n) is 18.3. The second-order valence-electron chi connectivity index (χ2n) is 7.78. The highest BCUT2D eigenvalue weighted by molar-refractivity contribution is 6.10. The summed E-state index contributed by atoms with van der Waals surface area (Å²) in [6.07, 6.45) is 3.34. The number of carbonyl (C=O) groups is 2. The van der Waals surface area contributed by atoms with Gasteiger partial charge < -0.3 is 19.7 Å². The molecule has 2 amide bonds. The van der Waals surface area contributed by atoms with E-state index in [-0.39, 0.29) is 17.7 Å². The maximum absolute atomic E-state index is 12.9. The van der Waals surface area contributed by atoms with E-state index in [1.807, 2.05) is 31.2 Å². The molecule has 0 radical (unpaired) electrons. The van der Waals surface area contributed by atoms with E-state index in [4.69, 9.17) is 9.47 Å². The molecule has 0 aliphatic heterocycles. The van der Waals surface area contributed by atoms with Crippen molar-refractivity contribution < 1.29 is 19.1 Å². The Bertz CT molecular complexity index is 1140. The second-order valence-corrected chi connectivity index (χ2v) is 7.78. The standard InChI is InChI=1S/C25H25N3O4/c1-16-8-12-21(22(14-16)31-3)32-23-13-11-18(15-26-23)27-24(29)19-6-4-5-7-20(19)28(2)25(30)17-9-10-17/h4-8,11-15,17H,9-10H2,1-3H3,(H,27,29). The summed E-state index contributed by atoms with van der Waals surface area (Å²) >= 11 is 0. The molecule has 1 saturated carbocycles. The van der Waals surface area contributed by atoms with Crippen molar-refractivity contribution in [3.05, 3.63) is 71.9 Å². The second kappa shape index (κ2) is 9.09. The minimum absolute atomic E-state index is 0.0416. The summed E-state index contributed by atoms with van der Waals surface area (Å²) in [5, 5.41) is 2.84. The first-order chi connectivity index (χ1) is 15.5. The SMILES string of the molecule is COc1cc(C)ccc1Oc1ccc(NC(=O)c2ccccc2N(C)C(=O)C2CC2)cn1. The van der Waals surface area contributed by atoms with Crippen molar-refractivity contribution >= 4 is 23.2 Å². The first-order valence-electron chi connectivity index (χ1n) is 10.4. The number of anilines is 2. The summed E-state index contributed by atoms with van der Waals surface area (Å²) in [6, 6.07) is 16.1. The average Bonchev–Trinajstić information content (AvgIpc) is 3.66. The number of pyridine rings is 1. The molecule has 1 aliphatic carbocycles. The van der Waals surface area contributed by atoms with Crippen LogP contribution in [0.2, 0.25) is 0 Å². The quantitative estimate of drug-likeness (QED) is 0.580. The third-order valence-electron chi connectivity index (χ3n) is 5.30. The predicted octanol–water partition coefficient (Wildman–Crippen LogP) is 4.82. The van der Waals surface area contributed by atoms with Gasteiger partial charge in [-0.05, 0) is 55.7 Å². The molecule has 1 aliphatic rings. The molecular formula is C25H25N3O4. The van der Waals surface area contributed by atoms with Gasteiger partial charge in [-0.15, -0.1) is 0 Å². The van der Waals surface area contributed by atoms with Gasteiger partial charge in [-0.3, -0.25) is 9.59 Å². The van der Waals surface area contributed by atoms with Gasteiger partial charge in [0.25, 0.3) is 5.91 Å². The Kier molecular flexibility index (Phi) is 6.07. The third kappa shape index (κ3) is 4.72. The molecule has 2 aromatic carbocycles. The molecule has 3 aromatic rings. The fourth-order valence-corrected chi connectivity index (χ4v) is 3.37. The maximum Gasteiger partial charge on any atom is 0.257 e. The number of aromatic nitrogens is 1. The molecular weight excluding hydrogens is 406 g/mol. The van der Waals surface area contributed by atoms with Crippen LogP contribution in [-0.2, 0) is 4.79 Å². The Balaban J connectivity index is 1.46. The van der Waals surface area contributed by atoms with Crippen LogP contribution in [0.1, 0.15) is 28.8 Å². The third-order valence-corrected chi connectivity index (χ3v) is 5.30. The summed E-state index contributed by atoms with van der Waals surface area (Å²) < 4.78 is 11.2. The van der Waals surface area contributed by atoms with Crippen molar-refractivity contribution in [2.45, 2.75) is 19.8 Å². The van der Waals surface area contributed by atoms with Crippen molar-refractivity contribution in [3.8, 4) is 17.4 Å². The van der Waals surface area contributed by atoms with E-state index in [1.165, 1.54) is 6.20 Å². The fraction of sp³-hybridized carbons (Fsp3) is 0.240. The molecule has 0 saturated heterocycles. The van der Waals surface area contributed by atoms with Gasteiger partial charge in [0.15, 0.2) is 11.5 Å². The first kappa shape index (κ1) is 21.4. The molecule has 4 rings (SSSR count). The molecule has 0 spiro atoms. The van der Waals surface area contributed by atoms with Crippen LogP contribution in [0.3, 0.4) is 0 Å². The van der Waals surface area contributed by atoms with Crippen LogP contribution in [0.4, 0.5) is 11.4 Å². The summed E-state index contributed by atoms with van der Waals surface area (Å²) in [6.45, 7) is 1.97. The van der Waals surface area contributed by atoms with E-state index in [0.717, 1.165) is 18.4 Å². The molecule has 7 nitrogen and oxygen atoms in total. The number of ether oxygens (including phenoxy) is 2. The van der Waals surface area contributed by atoms with E-state index in [9.17, 15) is 9.59 Å². The van der Waals surface area contributed by atoms with Gasteiger partial charge in [0.1, 0.15) is 0 Å². The minimum Gasteiger partial charge on any atom is -0.493 e. The summed E-state index contributed by atoms with van der Waals surface area (Å²) in [7, 11) is 3.29. The number of benzene rings is 2. The molecule has 0 unspecified atom stereocenters. The lowest BCUT2D eigenvalue weighted by Gasteiger charge is -2.20. The van der Waals surface area contributed by atoms with Crippen molar-refractivity contribution in [3.63, 3.8) is 0 Å². The summed E-state index contributed by atoms with van der Waals surface area (Å²) in [4.78, 5) is 31.2. The number of para-hydroxylation sites is 1. The Labute approximate surface area is 187 Å². The number of hydrogen-bond acceptors (Lipinski definition) is 5. The number of aryl methyl sites for hydroxylation is 1. The van der Waals surface area contributed by atoms with E-state index >= 15 is 0 Å². The summed E-state index contributed by atoms with van der Waals surface area (Å²) in [5.41, 5.74) is 2.59. The number of methoxy groups -OCH3 is 1. The lowest BCUT2D eigenvalue weighted by atomic mass is 10.1. The molecule has 164 valence electrons. The fourth-order valence-electron chi connectivity index (χ4n) is 3.37. The van der Waals surface area contributed by atoms with Crippen LogP contribution < -0.4 is 19.7 Å². The molecule has 1 fully saturated rings. The van der Waals surface area contributed by atoms with Gasteiger partial charge in [0, 0.05) is 19.0 Å². The van der Waals surface area contributed by atoms with Gasteiger partial charge in [0.05, 0.1) is 30.2 Å². The number of rotatable bonds is 7. The Hall–Kier alpha value is -3.87. The van der Waals surface area contributed by atoms with Gasteiger partial charge in [-0.2, -0.15) is 0 Å². The number of nitrogens with one attached hydrogen (secondary N) is 1. The molecule has 0 bridgehead atoms. The number of nitrogens with zero attached hydrogens (tertiary/aromatic N) is 2. The average molecular weight is 431 g/mol.